The van der Waals surface area contributed by atoms with E-state index in [4.69, 9.17) is 0 Å². The molecule has 0 rings (SSSR count). The Morgan fingerprint density at radius 3 is 2.20 bits per heavy atom. The molecule has 54 valence electrons. The maximum atomic E-state index is 3.97. The van der Waals surface area contributed by atoms with Gasteiger partial charge in [0.2, 0.25) is 0 Å². The van der Waals surface area contributed by atoms with Gasteiger partial charge in [0.1, 0.15) is 0 Å². The van der Waals surface area contributed by atoms with E-state index in [1.54, 1.807) is 19.2 Å². The highest BCUT2D eigenvalue weighted by Crippen LogP contribution is 1.94. The minimum atomic E-state index is 0.886. The quantitative estimate of drug-likeness (QED) is 0.416. The maximum absolute atomic E-state index is 3.97. The van der Waals surface area contributed by atoms with Crippen molar-refractivity contribution >= 4 is 5.71 Å². The van der Waals surface area contributed by atoms with E-state index in [0.29, 0.717) is 0 Å². The van der Waals surface area contributed by atoms with Crippen LogP contribution in [0.25, 0.3) is 0 Å². The van der Waals surface area contributed by atoms with E-state index in [0.717, 1.165) is 11.3 Å². The van der Waals surface area contributed by atoms with Gasteiger partial charge in [-0.1, -0.05) is 19.2 Å². The third kappa shape index (κ3) is 3.02. The lowest BCUT2D eigenvalue weighted by molar-refractivity contribution is 1.44. The van der Waals surface area contributed by atoms with Crippen molar-refractivity contribution in [3.8, 4) is 0 Å². The highest BCUT2D eigenvalue weighted by atomic mass is 14.7. The first-order chi connectivity index (χ1) is 4.74. The van der Waals surface area contributed by atoms with Crippen molar-refractivity contribution in [3.63, 3.8) is 0 Å². The van der Waals surface area contributed by atoms with Crippen LogP contribution < -0.4 is 0 Å². The molecule has 0 radical (unpaired) electrons. The van der Waals surface area contributed by atoms with E-state index in [1.807, 2.05) is 13.0 Å². The molecule has 0 aliphatic heterocycles. The molecule has 1 nitrogen and oxygen atoms in total. The van der Waals surface area contributed by atoms with Crippen LogP contribution >= 0.6 is 0 Å². The van der Waals surface area contributed by atoms with Crippen molar-refractivity contribution in [1.82, 2.24) is 0 Å². The van der Waals surface area contributed by atoms with E-state index < -0.39 is 0 Å². The molecular formula is C9H13N. The molecule has 0 aromatic carbocycles. The molecule has 1 heteroatoms. The molecule has 0 N–H and O–H groups in total. The zero-order valence-corrected chi connectivity index (χ0v) is 6.59. The van der Waals surface area contributed by atoms with Crippen LogP contribution in [0.4, 0.5) is 0 Å². The normalized spacial score (nSPS) is 13.0. The molecule has 0 fully saturated rings. The van der Waals surface area contributed by atoms with Crippen LogP contribution in [0, 0.1) is 0 Å². The number of rotatable bonds is 3. The van der Waals surface area contributed by atoms with Gasteiger partial charge in [0.25, 0.3) is 0 Å². The Morgan fingerprint density at radius 1 is 1.30 bits per heavy atom. The molecule has 0 saturated carbocycles. The second-order valence-electron chi connectivity index (χ2n) is 1.95. The Balaban J connectivity index is 4.36. The fourth-order valence-electron chi connectivity index (χ4n) is 0.507. The van der Waals surface area contributed by atoms with Crippen molar-refractivity contribution in [1.29, 1.82) is 0 Å². The van der Waals surface area contributed by atoms with Gasteiger partial charge in [0.05, 0.1) is 5.71 Å². The number of hydrogen-bond donors (Lipinski definition) is 0. The molecule has 0 heterocycles. The lowest BCUT2D eigenvalue weighted by atomic mass is 10.2. The molecule has 0 atom stereocenters. The van der Waals surface area contributed by atoms with Crippen LogP contribution in [0.15, 0.2) is 42.0 Å². The van der Waals surface area contributed by atoms with Crippen molar-refractivity contribution in [2.24, 2.45) is 4.99 Å². The SMILES string of the molecule is C=CC(/C=C(/C)C=C)=NC. The molecule has 0 unspecified atom stereocenters. The van der Waals surface area contributed by atoms with Crippen LogP contribution in [0.1, 0.15) is 6.92 Å². The summed E-state index contributed by atoms with van der Waals surface area (Å²) < 4.78 is 0. The van der Waals surface area contributed by atoms with Crippen molar-refractivity contribution < 1.29 is 0 Å². The third-order valence-corrected chi connectivity index (χ3v) is 1.16. The summed E-state index contributed by atoms with van der Waals surface area (Å²) in [6, 6.07) is 0. The molecule has 10 heavy (non-hydrogen) atoms. The van der Waals surface area contributed by atoms with E-state index in [1.165, 1.54) is 0 Å². The zero-order valence-electron chi connectivity index (χ0n) is 6.59. The van der Waals surface area contributed by atoms with Crippen molar-refractivity contribution in [2.75, 3.05) is 7.05 Å². The monoisotopic (exact) mass is 135 g/mol. The Kier molecular flexibility index (Phi) is 4.21. The summed E-state index contributed by atoms with van der Waals surface area (Å²) in [5, 5.41) is 0. The van der Waals surface area contributed by atoms with E-state index in [-0.39, 0.29) is 0 Å². The first-order valence-corrected chi connectivity index (χ1v) is 3.14. The summed E-state index contributed by atoms with van der Waals surface area (Å²) in [4.78, 5) is 3.97. The Bertz CT molecular complexity index is 185. The first-order valence-electron chi connectivity index (χ1n) is 3.14. The number of allylic oxidation sites excluding steroid dienone is 4. The molecule has 0 aromatic rings. The average Bonchev–Trinajstić information content (AvgIpc) is 1.99. The molecule has 0 aliphatic rings. The predicted octanol–water partition coefficient (Wildman–Crippen LogP) is 2.38. The Hall–Kier alpha value is -1.11. The Morgan fingerprint density at radius 2 is 1.90 bits per heavy atom. The van der Waals surface area contributed by atoms with Gasteiger partial charge in [-0.3, -0.25) is 4.99 Å². The predicted molar refractivity (Wildman–Crippen MR) is 47.5 cm³/mol. The number of nitrogens with zero attached hydrogens (tertiary/aromatic N) is 1. The van der Waals surface area contributed by atoms with Gasteiger partial charge in [-0.25, -0.2) is 0 Å². The third-order valence-electron chi connectivity index (χ3n) is 1.16. The van der Waals surface area contributed by atoms with Crippen LogP contribution in [0.3, 0.4) is 0 Å². The molecule has 0 spiro atoms. The van der Waals surface area contributed by atoms with E-state index in [2.05, 4.69) is 18.2 Å². The fraction of sp³-hybridized carbons (Fsp3) is 0.222. The van der Waals surface area contributed by atoms with Crippen LogP contribution in [-0.2, 0) is 0 Å². The number of hydrogen-bond acceptors (Lipinski definition) is 1. The van der Waals surface area contributed by atoms with Crippen LogP contribution in [-0.4, -0.2) is 12.8 Å². The smallest absolute Gasteiger partial charge is 0.0567 e. The highest BCUT2D eigenvalue weighted by Gasteiger charge is 1.84. The van der Waals surface area contributed by atoms with Crippen LogP contribution in [0.2, 0.25) is 0 Å². The zero-order chi connectivity index (χ0) is 7.98. The number of aliphatic imine (C=N–C) groups is 1. The minimum absolute atomic E-state index is 0.886. The van der Waals surface area contributed by atoms with Crippen molar-refractivity contribution in [2.45, 2.75) is 6.92 Å². The van der Waals surface area contributed by atoms with Gasteiger partial charge in [0.15, 0.2) is 0 Å². The average molecular weight is 135 g/mol. The van der Waals surface area contributed by atoms with Crippen LogP contribution in [0.5, 0.6) is 0 Å². The van der Waals surface area contributed by atoms with Gasteiger partial charge >= 0.3 is 0 Å². The lowest BCUT2D eigenvalue weighted by Crippen LogP contribution is -1.86. The molecule has 0 aliphatic carbocycles. The second kappa shape index (κ2) is 4.74. The maximum Gasteiger partial charge on any atom is 0.0567 e. The molecule has 0 bridgehead atoms. The van der Waals surface area contributed by atoms with Gasteiger partial charge in [-0.05, 0) is 24.6 Å². The minimum Gasteiger partial charge on any atom is -0.289 e. The summed E-state index contributed by atoms with van der Waals surface area (Å²) in [6.45, 7) is 9.21. The standard InChI is InChI=1S/C9H13N/c1-5-8(3)7-9(6-2)10-4/h5-7H,1-2H2,3-4H3/b8-7-,10-9?. The summed E-state index contributed by atoms with van der Waals surface area (Å²) in [7, 11) is 1.74. The fourth-order valence-corrected chi connectivity index (χ4v) is 0.507. The largest absolute Gasteiger partial charge is 0.289 e. The summed E-state index contributed by atoms with van der Waals surface area (Å²) in [5.41, 5.74) is 1.98. The molecule has 0 aromatic heterocycles. The first kappa shape index (κ1) is 8.89. The van der Waals surface area contributed by atoms with Gasteiger partial charge < -0.3 is 0 Å². The van der Waals surface area contributed by atoms with Gasteiger partial charge in [0, 0.05) is 7.05 Å². The van der Waals surface area contributed by atoms with E-state index in [9.17, 15) is 0 Å². The summed E-state index contributed by atoms with van der Waals surface area (Å²) in [5.74, 6) is 0. The molecule has 0 saturated heterocycles. The lowest BCUT2D eigenvalue weighted by Gasteiger charge is -1.91. The van der Waals surface area contributed by atoms with E-state index >= 15 is 0 Å². The molecule has 0 amide bonds. The topological polar surface area (TPSA) is 12.4 Å². The highest BCUT2D eigenvalue weighted by molar-refractivity contribution is 6.04. The summed E-state index contributed by atoms with van der Waals surface area (Å²) in [6.07, 6.45) is 5.43. The van der Waals surface area contributed by atoms with Gasteiger partial charge in [-0.15, -0.1) is 0 Å². The van der Waals surface area contributed by atoms with Crippen molar-refractivity contribution in [3.05, 3.63) is 37.0 Å². The van der Waals surface area contributed by atoms with Gasteiger partial charge in [-0.2, -0.15) is 0 Å². The molecular weight excluding hydrogens is 122 g/mol. The summed E-state index contributed by atoms with van der Waals surface area (Å²) >= 11 is 0. The second-order valence-corrected chi connectivity index (χ2v) is 1.95. The Labute approximate surface area is 62.5 Å².